The van der Waals surface area contributed by atoms with E-state index in [0.717, 1.165) is 19.3 Å². The Morgan fingerprint density at radius 1 is 1.67 bits per heavy atom. The van der Waals surface area contributed by atoms with E-state index in [1.807, 2.05) is 0 Å². The summed E-state index contributed by atoms with van der Waals surface area (Å²) in [7, 11) is 0. The average molecular weight is 172 g/mol. The fourth-order valence-corrected chi connectivity index (χ4v) is 1.54. The van der Waals surface area contributed by atoms with Gasteiger partial charge in [-0.1, -0.05) is 0 Å². The lowest BCUT2D eigenvalue weighted by molar-refractivity contribution is -0.119. The van der Waals surface area contributed by atoms with Crippen LogP contribution in [-0.2, 0) is 4.79 Å². The molecule has 4 nitrogen and oxygen atoms in total. The van der Waals surface area contributed by atoms with Crippen LogP contribution in [0.5, 0.6) is 0 Å². The first-order valence-electron chi connectivity index (χ1n) is 4.34. The summed E-state index contributed by atoms with van der Waals surface area (Å²) in [4.78, 5) is 10.7. The van der Waals surface area contributed by atoms with Crippen molar-refractivity contribution in [3.8, 4) is 0 Å². The van der Waals surface area contributed by atoms with Crippen molar-refractivity contribution in [1.29, 1.82) is 0 Å². The van der Waals surface area contributed by atoms with Crippen molar-refractivity contribution < 1.29 is 9.90 Å². The Labute approximate surface area is 72.1 Å². The number of nitrogens with one attached hydrogen (secondary N) is 1. The fraction of sp³-hybridized carbons (Fsp3) is 0.875. The van der Waals surface area contributed by atoms with Gasteiger partial charge >= 0.3 is 0 Å². The van der Waals surface area contributed by atoms with E-state index in [1.54, 1.807) is 6.92 Å². The molecule has 0 aliphatic heterocycles. The van der Waals surface area contributed by atoms with E-state index in [1.165, 1.54) is 0 Å². The lowest BCUT2D eigenvalue weighted by Crippen LogP contribution is -2.47. The summed E-state index contributed by atoms with van der Waals surface area (Å²) in [6.07, 6.45) is 2.46. The largest absolute Gasteiger partial charge is 0.392 e. The third-order valence-corrected chi connectivity index (χ3v) is 2.37. The maximum absolute atomic E-state index is 10.7. The summed E-state index contributed by atoms with van der Waals surface area (Å²) in [6.45, 7) is 1.72. The molecular formula is C8H16N2O2. The van der Waals surface area contributed by atoms with Gasteiger partial charge in [0.15, 0.2) is 0 Å². The van der Waals surface area contributed by atoms with Gasteiger partial charge in [0.1, 0.15) is 0 Å². The summed E-state index contributed by atoms with van der Waals surface area (Å²) in [5.41, 5.74) is 5.08. The Hall–Kier alpha value is -0.610. The van der Waals surface area contributed by atoms with Gasteiger partial charge in [-0.2, -0.15) is 0 Å². The summed E-state index contributed by atoms with van der Waals surface area (Å²) >= 11 is 0. The Balaban J connectivity index is 2.35. The highest BCUT2D eigenvalue weighted by atomic mass is 16.3. The monoisotopic (exact) mass is 172 g/mol. The third kappa shape index (κ3) is 2.19. The van der Waals surface area contributed by atoms with Gasteiger partial charge in [-0.15, -0.1) is 0 Å². The molecule has 0 aromatic heterocycles. The topological polar surface area (TPSA) is 75.3 Å². The van der Waals surface area contributed by atoms with Gasteiger partial charge < -0.3 is 16.2 Å². The molecule has 4 N–H and O–H groups in total. The van der Waals surface area contributed by atoms with Crippen molar-refractivity contribution in [2.45, 2.75) is 44.4 Å². The number of carbonyl (C=O) groups is 1. The first-order valence-corrected chi connectivity index (χ1v) is 4.34. The van der Waals surface area contributed by atoms with Crippen LogP contribution in [0.4, 0.5) is 0 Å². The van der Waals surface area contributed by atoms with Crippen LogP contribution in [0.1, 0.15) is 26.2 Å². The highest BCUT2D eigenvalue weighted by molar-refractivity contribution is 5.79. The molecule has 4 heteroatoms. The molecule has 0 radical (unpaired) electrons. The molecule has 1 fully saturated rings. The molecule has 0 heterocycles. The van der Waals surface area contributed by atoms with Crippen LogP contribution in [0.2, 0.25) is 0 Å². The molecule has 1 unspecified atom stereocenters. The zero-order chi connectivity index (χ0) is 9.14. The van der Waals surface area contributed by atoms with Crippen LogP contribution in [0, 0.1) is 0 Å². The zero-order valence-electron chi connectivity index (χ0n) is 7.29. The number of amides is 1. The van der Waals surface area contributed by atoms with Crippen molar-refractivity contribution in [3.05, 3.63) is 0 Å². The Morgan fingerprint density at radius 3 is 2.75 bits per heavy atom. The molecule has 1 aliphatic rings. The van der Waals surface area contributed by atoms with Crippen molar-refractivity contribution in [2.75, 3.05) is 0 Å². The smallest absolute Gasteiger partial charge is 0.234 e. The average Bonchev–Trinajstić information content (AvgIpc) is 2.36. The zero-order valence-corrected chi connectivity index (χ0v) is 7.29. The van der Waals surface area contributed by atoms with Gasteiger partial charge in [0.05, 0.1) is 12.1 Å². The number of nitrogens with two attached hydrogens (primary N) is 1. The molecule has 0 aromatic carbocycles. The normalized spacial score (nSPS) is 31.8. The van der Waals surface area contributed by atoms with Crippen molar-refractivity contribution in [3.63, 3.8) is 0 Å². The van der Waals surface area contributed by atoms with Crippen molar-refractivity contribution in [1.82, 2.24) is 5.32 Å². The molecule has 0 saturated heterocycles. The van der Waals surface area contributed by atoms with Gasteiger partial charge in [-0.3, -0.25) is 4.79 Å². The standard InChI is InChI=1S/C8H16N2O2/c1-5(8(9)12)10-6-3-2-4-7(6)11/h5-7,10-11H,2-4H2,1H3,(H2,9,12)/t5?,6-,7-/m0/s1. The Kier molecular flexibility index (Phi) is 3.05. The maximum atomic E-state index is 10.7. The van der Waals surface area contributed by atoms with E-state index < -0.39 is 0 Å². The first-order chi connectivity index (χ1) is 5.61. The molecule has 70 valence electrons. The molecule has 0 bridgehead atoms. The SMILES string of the molecule is CC(N[C@H]1CCC[C@@H]1O)C(N)=O. The van der Waals surface area contributed by atoms with E-state index >= 15 is 0 Å². The van der Waals surface area contributed by atoms with Crippen LogP contribution in [0.15, 0.2) is 0 Å². The Morgan fingerprint density at radius 2 is 2.33 bits per heavy atom. The number of hydrogen-bond acceptors (Lipinski definition) is 3. The van der Waals surface area contributed by atoms with Crippen LogP contribution >= 0.6 is 0 Å². The van der Waals surface area contributed by atoms with E-state index in [0.29, 0.717) is 0 Å². The molecule has 0 spiro atoms. The second-order valence-corrected chi connectivity index (χ2v) is 3.40. The maximum Gasteiger partial charge on any atom is 0.234 e. The molecule has 1 rings (SSSR count). The predicted octanol–water partition coefficient (Wildman–Crippen LogP) is -0.637. The van der Waals surface area contributed by atoms with Gasteiger partial charge in [0.2, 0.25) is 5.91 Å². The molecule has 0 aromatic rings. The number of aliphatic hydroxyl groups excluding tert-OH is 1. The van der Waals surface area contributed by atoms with Gasteiger partial charge in [-0.25, -0.2) is 0 Å². The number of primary amides is 1. The number of aliphatic hydroxyl groups is 1. The number of rotatable bonds is 3. The molecule has 1 saturated carbocycles. The predicted molar refractivity (Wildman–Crippen MR) is 45.4 cm³/mol. The van der Waals surface area contributed by atoms with Crippen LogP contribution < -0.4 is 11.1 Å². The second-order valence-electron chi connectivity index (χ2n) is 3.40. The van der Waals surface area contributed by atoms with E-state index in [9.17, 15) is 9.90 Å². The van der Waals surface area contributed by atoms with Crippen LogP contribution in [0.25, 0.3) is 0 Å². The quantitative estimate of drug-likeness (QED) is 0.530. The molecule has 12 heavy (non-hydrogen) atoms. The van der Waals surface area contributed by atoms with Crippen molar-refractivity contribution in [2.24, 2.45) is 5.73 Å². The van der Waals surface area contributed by atoms with Gasteiger partial charge in [0, 0.05) is 6.04 Å². The second kappa shape index (κ2) is 3.87. The van der Waals surface area contributed by atoms with Gasteiger partial charge in [0.25, 0.3) is 0 Å². The summed E-state index contributed by atoms with van der Waals surface area (Å²) < 4.78 is 0. The number of hydrogen-bond donors (Lipinski definition) is 3. The summed E-state index contributed by atoms with van der Waals surface area (Å²) in [6, 6.07) is -0.296. The summed E-state index contributed by atoms with van der Waals surface area (Å²) in [5.74, 6) is -0.367. The first kappa shape index (κ1) is 9.48. The minimum Gasteiger partial charge on any atom is -0.392 e. The van der Waals surface area contributed by atoms with E-state index in [2.05, 4.69) is 5.32 Å². The van der Waals surface area contributed by atoms with E-state index in [-0.39, 0.29) is 24.1 Å². The number of carbonyl (C=O) groups excluding carboxylic acids is 1. The molecule has 1 amide bonds. The lowest BCUT2D eigenvalue weighted by Gasteiger charge is -2.19. The minimum atomic E-state index is -0.367. The minimum absolute atomic E-state index is 0.0486. The fourth-order valence-electron chi connectivity index (χ4n) is 1.54. The lowest BCUT2D eigenvalue weighted by atomic mass is 10.2. The molecule has 1 aliphatic carbocycles. The molecule has 3 atom stereocenters. The van der Waals surface area contributed by atoms with Crippen molar-refractivity contribution >= 4 is 5.91 Å². The summed E-state index contributed by atoms with van der Waals surface area (Å²) in [5, 5.41) is 12.4. The Bertz CT molecular complexity index is 172. The van der Waals surface area contributed by atoms with Crippen LogP contribution in [0.3, 0.4) is 0 Å². The van der Waals surface area contributed by atoms with Crippen LogP contribution in [-0.4, -0.2) is 29.2 Å². The highest BCUT2D eigenvalue weighted by Crippen LogP contribution is 2.18. The van der Waals surface area contributed by atoms with Gasteiger partial charge in [-0.05, 0) is 26.2 Å². The highest BCUT2D eigenvalue weighted by Gasteiger charge is 2.27. The van der Waals surface area contributed by atoms with E-state index in [4.69, 9.17) is 5.73 Å². The molecular weight excluding hydrogens is 156 g/mol. The third-order valence-electron chi connectivity index (χ3n) is 2.37.